The summed E-state index contributed by atoms with van der Waals surface area (Å²) in [5.74, 6) is -0.0928. The SMILES string of the molecule is CCCC(=O)N(CCN1CCN(C(=O)c2ccc(Br)cc2)CC1)Cc1ccc(F)cc1. The number of nitrogens with zero attached hydrogens (tertiary/aromatic N) is 3. The van der Waals surface area contributed by atoms with Crippen LogP contribution in [0.3, 0.4) is 0 Å². The molecule has 1 saturated heterocycles. The van der Waals surface area contributed by atoms with Gasteiger partial charge in [0, 0.05) is 62.3 Å². The standard InChI is InChI=1S/C24H29BrFN3O2/c1-2-3-23(30)29(18-19-4-10-22(26)11-5-19)17-14-27-12-15-28(16-13-27)24(31)20-6-8-21(25)9-7-20/h4-11H,2-3,12-18H2,1H3. The van der Waals surface area contributed by atoms with Crippen molar-refractivity contribution in [1.82, 2.24) is 14.7 Å². The van der Waals surface area contributed by atoms with Crippen LogP contribution in [-0.4, -0.2) is 65.8 Å². The van der Waals surface area contributed by atoms with E-state index in [4.69, 9.17) is 0 Å². The highest BCUT2D eigenvalue weighted by atomic mass is 79.9. The van der Waals surface area contributed by atoms with Crippen molar-refractivity contribution in [3.63, 3.8) is 0 Å². The fourth-order valence-electron chi connectivity index (χ4n) is 3.69. The zero-order valence-electron chi connectivity index (χ0n) is 17.9. The zero-order chi connectivity index (χ0) is 22.2. The number of carbonyl (C=O) groups is 2. The summed E-state index contributed by atoms with van der Waals surface area (Å²) in [4.78, 5) is 31.3. The predicted octanol–water partition coefficient (Wildman–Crippen LogP) is 4.17. The van der Waals surface area contributed by atoms with E-state index >= 15 is 0 Å². The number of hydrogen-bond donors (Lipinski definition) is 0. The van der Waals surface area contributed by atoms with Gasteiger partial charge in [-0.2, -0.15) is 0 Å². The number of amides is 2. The third kappa shape index (κ3) is 6.87. The van der Waals surface area contributed by atoms with Gasteiger partial charge < -0.3 is 9.80 Å². The van der Waals surface area contributed by atoms with Crippen LogP contribution in [-0.2, 0) is 11.3 Å². The van der Waals surface area contributed by atoms with Crippen LogP contribution in [0.4, 0.5) is 4.39 Å². The maximum atomic E-state index is 13.2. The van der Waals surface area contributed by atoms with E-state index in [1.165, 1.54) is 12.1 Å². The van der Waals surface area contributed by atoms with E-state index in [1.807, 2.05) is 41.0 Å². The molecule has 0 saturated carbocycles. The van der Waals surface area contributed by atoms with E-state index < -0.39 is 0 Å². The molecule has 1 aliphatic rings. The largest absolute Gasteiger partial charge is 0.337 e. The van der Waals surface area contributed by atoms with E-state index in [2.05, 4.69) is 20.8 Å². The van der Waals surface area contributed by atoms with Gasteiger partial charge in [0.15, 0.2) is 0 Å². The van der Waals surface area contributed by atoms with Crippen LogP contribution in [0, 0.1) is 5.82 Å². The fourth-order valence-corrected chi connectivity index (χ4v) is 3.95. The summed E-state index contributed by atoms with van der Waals surface area (Å²) in [6.45, 7) is 6.79. The minimum atomic E-state index is -0.272. The van der Waals surface area contributed by atoms with Gasteiger partial charge in [-0.25, -0.2) is 4.39 Å². The molecule has 2 amide bonds. The average molecular weight is 490 g/mol. The molecule has 0 radical (unpaired) electrons. The van der Waals surface area contributed by atoms with E-state index in [9.17, 15) is 14.0 Å². The molecule has 0 aliphatic carbocycles. The Kier molecular flexibility index (Phi) is 8.60. The Morgan fingerprint density at radius 2 is 1.65 bits per heavy atom. The second kappa shape index (κ2) is 11.4. The van der Waals surface area contributed by atoms with Gasteiger partial charge in [-0.1, -0.05) is 35.0 Å². The number of benzene rings is 2. The molecule has 31 heavy (non-hydrogen) atoms. The highest BCUT2D eigenvalue weighted by molar-refractivity contribution is 9.10. The lowest BCUT2D eigenvalue weighted by molar-refractivity contribution is -0.132. The second-order valence-electron chi connectivity index (χ2n) is 7.83. The Morgan fingerprint density at radius 1 is 1.00 bits per heavy atom. The topological polar surface area (TPSA) is 43.9 Å². The van der Waals surface area contributed by atoms with Crippen molar-refractivity contribution in [2.24, 2.45) is 0 Å². The molecular formula is C24H29BrFN3O2. The van der Waals surface area contributed by atoms with Gasteiger partial charge in [0.2, 0.25) is 5.91 Å². The van der Waals surface area contributed by atoms with Crippen molar-refractivity contribution in [2.75, 3.05) is 39.3 Å². The van der Waals surface area contributed by atoms with E-state index in [0.29, 0.717) is 38.2 Å². The number of piperazine rings is 1. The molecule has 2 aromatic carbocycles. The summed E-state index contributed by atoms with van der Waals surface area (Å²) in [5, 5.41) is 0. The van der Waals surface area contributed by atoms with Crippen LogP contribution in [0.1, 0.15) is 35.7 Å². The molecule has 166 valence electrons. The van der Waals surface area contributed by atoms with Gasteiger partial charge in [0.05, 0.1) is 0 Å². The van der Waals surface area contributed by atoms with Crippen molar-refractivity contribution in [2.45, 2.75) is 26.3 Å². The highest BCUT2D eigenvalue weighted by Crippen LogP contribution is 2.14. The van der Waals surface area contributed by atoms with Gasteiger partial charge in [0.25, 0.3) is 5.91 Å². The Hall–Kier alpha value is -2.25. The zero-order valence-corrected chi connectivity index (χ0v) is 19.5. The molecule has 0 atom stereocenters. The first kappa shape index (κ1) is 23.4. The Labute approximate surface area is 191 Å². The van der Waals surface area contributed by atoms with E-state index in [0.717, 1.165) is 36.1 Å². The molecule has 1 fully saturated rings. The monoisotopic (exact) mass is 489 g/mol. The van der Waals surface area contributed by atoms with Crippen molar-refractivity contribution >= 4 is 27.7 Å². The molecule has 0 unspecified atom stereocenters. The molecule has 0 aromatic heterocycles. The van der Waals surface area contributed by atoms with Gasteiger partial charge in [-0.3, -0.25) is 14.5 Å². The third-order valence-corrected chi connectivity index (χ3v) is 6.07. The Bertz CT molecular complexity index is 865. The minimum Gasteiger partial charge on any atom is -0.337 e. The van der Waals surface area contributed by atoms with E-state index in [-0.39, 0.29) is 17.6 Å². The summed E-state index contributed by atoms with van der Waals surface area (Å²) in [6, 6.07) is 13.8. The van der Waals surface area contributed by atoms with Gasteiger partial charge in [0.1, 0.15) is 5.82 Å². The molecule has 5 nitrogen and oxygen atoms in total. The van der Waals surface area contributed by atoms with Crippen LogP contribution < -0.4 is 0 Å². The highest BCUT2D eigenvalue weighted by Gasteiger charge is 2.23. The molecule has 7 heteroatoms. The molecule has 0 spiro atoms. The maximum absolute atomic E-state index is 13.2. The summed E-state index contributed by atoms with van der Waals surface area (Å²) < 4.78 is 14.1. The Balaban J connectivity index is 1.51. The molecular weight excluding hydrogens is 461 g/mol. The van der Waals surface area contributed by atoms with Crippen molar-refractivity contribution in [3.8, 4) is 0 Å². The maximum Gasteiger partial charge on any atom is 0.253 e. The van der Waals surface area contributed by atoms with Crippen LogP contribution in [0.15, 0.2) is 53.0 Å². The van der Waals surface area contributed by atoms with Crippen LogP contribution in [0.5, 0.6) is 0 Å². The summed E-state index contributed by atoms with van der Waals surface area (Å²) in [5.41, 5.74) is 1.63. The van der Waals surface area contributed by atoms with Crippen LogP contribution >= 0.6 is 15.9 Å². The molecule has 0 bridgehead atoms. The van der Waals surface area contributed by atoms with Gasteiger partial charge in [-0.05, 0) is 48.4 Å². The van der Waals surface area contributed by atoms with Gasteiger partial charge in [-0.15, -0.1) is 0 Å². The number of halogens is 2. The summed E-state index contributed by atoms with van der Waals surface area (Å²) in [6.07, 6.45) is 1.31. The van der Waals surface area contributed by atoms with Crippen molar-refractivity contribution < 1.29 is 14.0 Å². The van der Waals surface area contributed by atoms with E-state index in [1.54, 1.807) is 12.1 Å². The summed E-state index contributed by atoms with van der Waals surface area (Å²) in [7, 11) is 0. The number of hydrogen-bond acceptors (Lipinski definition) is 3. The van der Waals surface area contributed by atoms with Crippen molar-refractivity contribution in [3.05, 3.63) is 69.9 Å². The molecule has 1 heterocycles. The molecule has 3 rings (SSSR count). The third-order valence-electron chi connectivity index (χ3n) is 5.54. The fraction of sp³-hybridized carbons (Fsp3) is 0.417. The second-order valence-corrected chi connectivity index (χ2v) is 8.75. The van der Waals surface area contributed by atoms with Crippen molar-refractivity contribution in [1.29, 1.82) is 0 Å². The smallest absolute Gasteiger partial charge is 0.253 e. The Morgan fingerprint density at radius 3 is 2.26 bits per heavy atom. The lowest BCUT2D eigenvalue weighted by atomic mass is 10.1. The average Bonchev–Trinajstić information content (AvgIpc) is 2.78. The number of rotatable bonds is 8. The summed E-state index contributed by atoms with van der Waals surface area (Å²) >= 11 is 3.39. The normalized spacial score (nSPS) is 14.5. The first-order valence-electron chi connectivity index (χ1n) is 10.8. The van der Waals surface area contributed by atoms with Crippen LogP contribution in [0.2, 0.25) is 0 Å². The first-order valence-corrected chi connectivity index (χ1v) is 11.5. The van der Waals surface area contributed by atoms with Gasteiger partial charge >= 0.3 is 0 Å². The molecule has 1 aliphatic heterocycles. The van der Waals surface area contributed by atoms with Crippen LogP contribution in [0.25, 0.3) is 0 Å². The predicted molar refractivity (Wildman–Crippen MR) is 123 cm³/mol. The number of carbonyl (C=O) groups excluding carboxylic acids is 2. The molecule has 0 N–H and O–H groups in total. The quantitative estimate of drug-likeness (QED) is 0.558. The minimum absolute atomic E-state index is 0.0585. The lowest BCUT2D eigenvalue weighted by Gasteiger charge is -2.36. The molecule has 2 aromatic rings. The lowest BCUT2D eigenvalue weighted by Crippen LogP contribution is -2.50. The first-order chi connectivity index (χ1) is 15.0.